The molecule has 0 aromatic carbocycles. The average Bonchev–Trinajstić information content (AvgIpc) is 1.98. The fourth-order valence-electron chi connectivity index (χ4n) is 0.376. The van der Waals surface area contributed by atoms with Gasteiger partial charge in [0.1, 0.15) is 0 Å². The minimum atomic E-state index is -1.84. The second kappa shape index (κ2) is 19.7. The summed E-state index contributed by atoms with van der Waals surface area (Å²) in [6.45, 7) is 0. The normalized spacial score (nSPS) is 7.33. The molecule has 0 aliphatic carbocycles. The summed E-state index contributed by atoms with van der Waals surface area (Å²) in [6.07, 6.45) is -2.85. The van der Waals surface area contributed by atoms with E-state index in [0.717, 1.165) is 0 Å². The molecule has 0 bridgehead atoms. The Morgan fingerprint density at radius 2 is 0.944 bits per heavy atom. The Balaban J connectivity index is -0.0000000128. The molecular weight excluding hydrogens is 360 g/mol. The van der Waals surface area contributed by atoms with Gasteiger partial charge in [0.2, 0.25) is 0 Å². The third-order valence-electron chi connectivity index (χ3n) is 0.731. The van der Waals surface area contributed by atoms with E-state index < -0.39 is 24.2 Å². The van der Waals surface area contributed by atoms with Gasteiger partial charge in [-0.15, -0.1) is 0 Å². The second-order valence-electron chi connectivity index (χ2n) is 1.71. The van der Waals surface area contributed by atoms with Crippen molar-refractivity contribution in [2.24, 2.45) is 0 Å². The first-order chi connectivity index (χ1) is 6.41. The van der Waals surface area contributed by atoms with Crippen molar-refractivity contribution in [2.45, 2.75) is 0 Å². The number of hydrogen-bond donors (Lipinski definition) is 2. The van der Waals surface area contributed by atoms with E-state index in [0.29, 0.717) is 12.2 Å². The number of esters is 2. The molecular formula is C6H12Ca4O8. The smallest absolute Gasteiger partial charge is 1.00 e. The zero-order chi connectivity index (χ0) is 11.1. The molecule has 0 saturated carbocycles. The first kappa shape index (κ1) is 32.6. The van der Waals surface area contributed by atoms with Gasteiger partial charge < -0.3 is 31.1 Å². The van der Waals surface area contributed by atoms with Crippen LogP contribution in [0.2, 0.25) is 0 Å². The van der Waals surface area contributed by atoms with Crippen LogP contribution in [0.1, 0.15) is 11.4 Å². The molecule has 0 aromatic rings. The number of hydrogen-bond acceptors (Lipinski definition) is 6. The molecule has 92 valence electrons. The van der Waals surface area contributed by atoms with Crippen LogP contribution < -0.4 is 0 Å². The van der Waals surface area contributed by atoms with E-state index in [4.69, 9.17) is 10.2 Å². The largest absolute Gasteiger partial charge is 2.00 e. The molecule has 12 heteroatoms. The van der Waals surface area contributed by atoms with E-state index in [9.17, 15) is 19.2 Å². The third-order valence-corrected chi connectivity index (χ3v) is 0.731. The summed E-state index contributed by atoms with van der Waals surface area (Å²) in [5, 5.41) is 15.8. The van der Waals surface area contributed by atoms with Crippen molar-refractivity contribution < 1.29 is 50.3 Å². The first-order valence-electron chi connectivity index (χ1n) is 2.99. The summed E-state index contributed by atoms with van der Waals surface area (Å²) >= 11 is 0. The van der Waals surface area contributed by atoms with Crippen LogP contribution in [0.15, 0.2) is 12.2 Å². The quantitative estimate of drug-likeness (QED) is 0.284. The standard InChI is InChI=1S/C6H4O8.4Ca.8H/c7-3(13-5(9)10)1-2-4(8)14-6(11)12;;;;;;;;;;;;/h1-2H,(H,9,10)(H,11,12);;;;;;;;;;;;/q;4*+2;8*-1/b2-1+;;;;;;;;;;;;. The molecule has 0 amide bonds. The molecule has 0 atom stereocenters. The van der Waals surface area contributed by atoms with Crippen LogP contribution in [0, 0.1) is 0 Å². The Morgan fingerprint density at radius 1 is 0.722 bits per heavy atom. The van der Waals surface area contributed by atoms with Gasteiger partial charge in [0.15, 0.2) is 0 Å². The predicted molar refractivity (Wildman–Crippen MR) is 69.3 cm³/mol. The van der Waals surface area contributed by atoms with Crippen LogP contribution in [0.25, 0.3) is 0 Å². The fourth-order valence-corrected chi connectivity index (χ4v) is 0.376. The molecule has 0 aliphatic heterocycles. The molecule has 2 N–H and O–H groups in total. The number of rotatable bonds is 2. The molecule has 18 heavy (non-hydrogen) atoms. The van der Waals surface area contributed by atoms with Crippen LogP contribution in [0.5, 0.6) is 0 Å². The zero-order valence-electron chi connectivity index (χ0n) is 17.3. The van der Waals surface area contributed by atoms with E-state index in [1.807, 2.05) is 0 Å². The molecule has 0 fully saturated rings. The zero-order valence-corrected chi connectivity index (χ0v) is 18.2. The van der Waals surface area contributed by atoms with Crippen LogP contribution >= 0.6 is 0 Å². The van der Waals surface area contributed by atoms with E-state index in [1.54, 1.807) is 0 Å². The Kier molecular flexibility index (Phi) is 35.6. The van der Waals surface area contributed by atoms with Crippen molar-refractivity contribution in [1.82, 2.24) is 0 Å². The van der Waals surface area contributed by atoms with Gasteiger partial charge >= 0.3 is 175 Å². The number of carbonyl (C=O) groups is 4. The molecule has 0 heterocycles. The van der Waals surface area contributed by atoms with Gasteiger partial charge in [-0.05, 0) is 0 Å². The van der Waals surface area contributed by atoms with Crippen molar-refractivity contribution in [3.8, 4) is 0 Å². The SMILES string of the molecule is O=C(O)OC(=O)/C=C/C(=O)OC(=O)O.[Ca+2].[Ca+2].[Ca+2].[Ca+2].[H-].[H-].[H-].[H-].[H-].[H-].[H-].[H-]. The van der Waals surface area contributed by atoms with Gasteiger partial charge in [0.25, 0.3) is 0 Å². The van der Waals surface area contributed by atoms with E-state index >= 15 is 0 Å². The first-order valence-corrected chi connectivity index (χ1v) is 2.99. The predicted octanol–water partition coefficient (Wildman–Crippen LogP) is -0.638. The summed E-state index contributed by atoms with van der Waals surface area (Å²) in [6, 6.07) is 0. The number of carbonyl (C=O) groups excluding carboxylic acids is 2. The molecule has 0 unspecified atom stereocenters. The van der Waals surface area contributed by atoms with E-state index in [1.165, 1.54) is 0 Å². The second-order valence-corrected chi connectivity index (χ2v) is 1.71. The monoisotopic (exact) mass is 372 g/mol. The minimum Gasteiger partial charge on any atom is -1.00 e. The van der Waals surface area contributed by atoms with Crippen molar-refractivity contribution in [2.75, 3.05) is 0 Å². The Hall–Kier alpha value is 2.66. The molecule has 0 rings (SSSR count). The molecule has 0 aliphatic rings. The maximum Gasteiger partial charge on any atom is 2.00 e. The van der Waals surface area contributed by atoms with Gasteiger partial charge in [0.05, 0.1) is 0 Å². The Morgan fingerprint density at radius 3 is 1.11 bits per heavy atom. The van der Waals surface area contributed by atoms with Crippen molar-refractivity contribution in [1.29, 1.82) is 0 Å². The van der Waals surface area contributed by atoms with Crippen molar-refractivity contribution in [3.05, 3.63) is 12.2 Å². The van der Waals surface area contributed by atoms with Gasteiger partial charge in [-0.3, -0.25) is 0 Å². The molecule has 0 aromatic heterocycles. The van der Waals surface area contributed by atoms with Gasteiger partial charge in [-0.1, -0.05) is 0 Å². The van der Waals surface area contributed by atoms with Crippen molar-refractivity contribution in [3.63, 3.8) is 0 Å². The number of carboxylic acid groups (broad SMARTS) is 2. The van der Waals surface area contributed by atoms with Crippen LogP contribution in [0.4, 0.5) is 9.59 Å². The van der Waals surface area contributed by atoms with Crippen LogP contribution in [-0.4, -0.2) is 185 Å². The topological polar surface area (TPSA) is 127 Å². The van der Waals surface area contributed by atoms with E-state index in [2.05, 4.69) is 9.47 Å². The Labute approximate surface area is 233 Å². The van der Waals surface area contributed by atoms with Crippen LogP contribution in [0.3, 0.4) is 0 Å². The minimum absolute atomic E-state index is 0. The maximum absolute atomic E-state index is 10.4. The van der Waals surface area contributed by atoms with E-state index in [-0.39, 0.29) is 162 Å². The van der Waals surface area contributed by atoms with Gasteiger partial charge in [-0.2, -0.15) is 0 Å². The maximum atomic E-state index is 10.4. The fraction of sp³-hybridized carbons (Fsp3) is 0. The summed E-state index contributed by atoms with van der Waals surface area (Å²) in [5.74, 6) is -2.67. The third kappa shape index (κ3) is 23.7. The summed E-state index contributed by atoms with van der Waals surface area (Å²) in [4.78, 5) is 40.3. The summed E-state index contributed by atoms with van der Waals surface area (Å²) in [7, 11) is 0. The average molecular weight is 372 g/mol. The molecule has 0 radical (unpaired) electrons. The van der Waals surface area contributed by atoms with Crippen molar-refractivity contribution >= 4 is 175 Å². The molecule has 0 saturated heterocycles. The van der Waals surface area contributed by atoms with Crippen LogP contribution in [-0.2, 0) is 19.1 Å². The summed E-state index contributed by atoms with van der Waals surface area (Å²) < 4.78 is 7.08. The Bertz CT molecular complexity index is 308. The number of ether oxygens (including phenoxy) is 2. The van der Waals surface area contributed by atoms with Gasteiger partial charge in [0, 0.05) is 12.2 Å². The molecule has 0 spiro atoms. The molecule has 8 nitrogen and oxygen atoms in total. The van der Waals surface area contributed by atoms with Gasteiger partial charge in [-0.25, -0.2) is 19.2 Å². The summed E-state index contributed by atoms with van der Waals surface area (Å²) in [5.41, 5.74) is 0.